The number of hydrogen-bond acceptors (Lipinski definition) is 2. The van der Waals surface area contributed by atoms with Crippen LogP contribution in [0.2, 0.25) is 0 Å². The van der Waals surface area contributed by atoms with Crippen molar-refractivity contribution in [3.8, 4) is 0 Å². The second kappa shape index (κ2) is 6.87. The summed E-state index contributed by atoms with van der Waals surface area (Å²) in [5.41, 5.74) is -0.863. The minimum atomic E-state index is -4.47. The van der Waals surface area contributed by atoms with E-state index in [2.05, 4.69) is 5.32 Å². The fourth-order valence-electron chi connectivity index (χ4n) is 2.21. The van der Waals surface area contributed by atoms with Gasteiger partial charge in [-0.25, -0.2) is 0 Å². The van der Waals surface area contributed by atoms with Gasteiger partial charge in [0.05, 0.1) is 32.5 Å². The molecule has 0 unspecified atom stereocenters. The van der Waals surface area contributed by atoms with Crippen LogP contribution in [-0.2, 0) is 6.18 Å². The minimum absolute atomic E-state index is 0.0215. The van der Waals surface area contributed by atoms with Crippen LogP contribution < -0.4 is 10.2 Å². The van der Waals surface area contributed by atoms with Gasteiger partial charge >= 0.3 is 6.18 Å². The van der Waals surface area contributed by atoms with Gasteiger partial charge in [0.15, 0.2) is 11.8 Å². The van der Waals surface area contributed by atoms with Crippen LogP contribution in [0.25, 0.3) is 0 Å². The van der Waals surface area contributed by atoms with Crippen molar-refractivity contribution in [3.63, 3.8) is 0 Å². The third-order valence-electron chi connectivity index (χ3n) is 3.50. The highest BCUT2D eigenvalue weighted by Gasteiger charge is 2.31. The third-order valence-corrected chi connectivity index (χ3v) is 3.50. The molecule has 2 aromatic rings. The fourth-order valence-corrected chi connectivity index (χ4v) is 2.21. The van der Waals surface area contributed by atoms with Gasteiger partial charge in [0, 0.05) is 5.56 Å². The van der Waals surface area contributed by atoms with E-state index in [4.69, 9.17) is 4.42 Å². The molecule has 2 rings (SSSR count). The molecule has 0 saturated carbocycles. The van der Waals surface area contributed by atoms with Crippen molar-refractivity contribution < 1.29 is 27.3 Å². The SMILES string of the molecule is C[NH+](C)[C@H](CNC(=O)c1cccc(C(F)(F)F)c1)c1ccco1. The van der Waals surface area contributed by atoms with E-state index >= 15 is 0 Å². The van der Waals surface area contributed by atoms with Crippen molar-refractivity contribution in [3.05, 3.63) is 59.5 Å². The first-order valence-corrected chi connectivity index (χ1v) is 7.08. The van der Waals surface area contributed by atoms with Gasteiger partial charge in [-0.2, -0.15) is 13.2 Å². The van der Waals surface area contributed by atoms with Gasteiger partial charge in [0.2, 0.25) is 0 Å². The van der Waals surface area contributed by atoms with E-state index in [-0.39, 0.29) is 18.2 Å². The Morgan fingerprint density at radius 3 is 2.57 bits per heavy atom. The molecule has 4 nitrogen and oxygen atoms in total. The number of benzene rings is 1. The topological polar surface area (TPSA) is 46.7 Å². The molecule has 124 valence electrons. The number of furan rings is 1. The normalized spacial score (nSPS) is 13.1. The first-order valence-electron chi connectivity index (χ1n) is 7.08. The number of alkyl halides is 3. The number of rotatable bonds is 5. The van der Waals surface area contributed by atoms with Crippen LogP contribution >= 0.6 is 0 Å². The summed E-state index contributed by atoms with van der Waals surface area (Å²) in [5, 5.41) is 2.66. The van der Waals surface area contributed by atoms with Gasteiger partial charge in [-0.15, -0.1) is 0 Å². The summed E-state index contributed by atoms with van der Waals surface area (Å²) < 4.78 is 43.4. The first-order chi connectivity index (χ1) is 10.8. The van der Waals surface area contributed by atoms with Gasteiger partial charge in [-0.3, -0.25) is 4.79 Å². The average molecular weight is 327 g/mol. The summed E-state index contributed by atoms with van der Waals surface area (Å²) in [5.74, 6) is 0.156. The molecule has 0 aliphatic carbocycles. The van der Waals surface area contributed by atoms with Crippen LogP contribution in [0, 0.1) is 0 Å². The molecule has 0 bridgehead atoms. The quantitative estimate of drug-likeness (QED) is 0.881. The van der Waals surface area contributed by atoms with Gasteiger partial charge in [0.1, 0.15) is 0 Å². The number of halogens is 3. The summed E-state index contributed by atoms with van der Waals surface area (Å²) in [6.45, 7) is 0.255. The highest BCUT2D eigenvalue weighted by molar-refractivity contribution is 5.94. The molecule has 1 heterocycles. The molecule has 2 N–H and O–H groups in total. The molecule has 1 aromatic carbocycles. The van der Waals surface area contributed by atoms with Crippen LogP contribution in [-0.4, -0.2) is 26.5 Å². The highest BCUT2D eigenvalue weighted by Crippen LogP contribution is 2.29. The minimum Gasteiger partial charge on any atom is -0.463 e. The van der Waals surface area contributed by atoms with Crippen molar-refractivity contribution in [1.82, 2.24) is 5.32 Å². The number of nitrogens with one attached hydrogen (secondary N) is 2. The molecule has 0 aliphatic heterocycles. The van der Waals surface area contributed by atoms with E-state index in [0.29, 0.717) is 5.76 Å². The van der Waals surface area contributed by atoms with Crippen molar-refractivity contribution in [2.24, 2.45) is 0 Å². The Labute approximate surface area is 131 Å². The Hall–Kier alpha value is -2.28. The molecule has 0 aliphatic rings. The van der Waals surface area contributed by atoms with E-state index in [1.807, 2.05) is 14.1 Å². The number of carbonyl (C=O) groups excluding carboxylic acids is 1. The molecule has 7 heteroatoms. The second-order valence-electron chi connectivity index (χ2n) is 5.43. The van der Waals surface area contributed by atoms with Crippen LogP contribution in [0.1, 0.15) is 27.7 Å². The van der Waals surface area contributed by atoms with Gasteiger partial charge in [-0.1, -0.05) is 6.07 Å². The second-order valence-corrected chi connectivity index (χ2v) is 5.43. The van der Waals surface area contributed by atoms with Crippen molar-refractivity contribution in [2.75, 3.05) is 20.6 Å². The number of carbonyl (C=O) groups is 1. The van der Waals surface area contributed by atoms with Gasteiger partial charge < -0.3 is 14.6 Å². The zero-order chi connectivity index (χ0) is 17.0. The van der Waals surface area contributed by atoms with E-state index < -0.39 is 17.6 Å². The highest BCUT2D eigenvalue weighted by atomic mass is 19.4. The number of likely N-dealkylation sites (N-methyl/N-ethyl adjacent to an activating group) is 1. The first kappa shape index (κ1) is 17.1. The van der Waals surface area contributed by atoms with Crippen LogP contribution in [0.3, 0.4) is 0 Å². The lowest BCUT2D eigenvalue weighted by Crippen LogP contribution is -3.07. The molecule has 23 heavy (non-hydrogen) atoms. The zero-order valence-electron chi connectivity index (χ0n) is 12.8. The van der Waals surface area contributed by atoms with Gasteiger partial charge in [0.25, 0.3) is 5.91 Å². The Kier molecular flexibility index (Phi) is 5.10. The monoisotopic (exact) mass is 327 g/mol. The molecule has 1 atom stereocenters. The van der Waals surface area contributed by atoms with Crippen LogP contribution in [0.4, 0.5) is 13.2 Å². The molecule has 0 saturated heterocycles. The fraction of sp³-hybridized carbons (Fsp3) is 0.312. The molecule has 0 fully saturated rings. The maximum Gasteiger partial charge on any atom is 0.416 e. The zero-order valence-corrected chi connectivity index (χ0v) is 12.8. The Balaban J connectivity index is 2.07. The Morgan fingerprint density at radius 2 is 2.00 bits per heavy atom. The maximum atomic E-state index is 12.7. The predicted molar refractivity (Wildman–Crippen MR) is 78.0 cm³/mol. The van der Waals surface area contributed by atoms with E-state index in [9.17, 15) is 18.0 Å². The van der Waals surface area contributed by atoms with Crippen molar-refractivity contribution in [2.45, 2.75) is 12.2 Å². The van der Waals surface area contributed by atoms with Gasteiger partial charge in [-0.05, 0) is 30.3 Å². The molecule has 1 aromatic heterocycles. The summed E-state index contributed by atoms with van der Waals surface area (Å²) in [7, 11) is 3.81. The standard InChI is InChI=1S/C16H17F3N2O2/c1-21(2)13(14-7-4-8-23-14)10-20-15(22)11-5-3-6-12(9-11)16(17,18)19/h3-9,13H,10H2,1-2H3,(H,20,22)/p+1/t13-/m1/s1. The van der Waals surface area contributed by atoms with Crippen molar-refractivity contribution in [1.29, 1.82) is 0 Å². The summed E-state index contributed by atoms with van der Waals surface area (Å²) in [6, 6.07) is 7.79. The van der Waals surface area contributed by atoms with E-state index in [1.165, 1.54) is 12.1 Å². The Morgan fingerprint density at radius 1 is 1.26 bits per heavy atom. The van der Waals surface area contributed by atoms with Crippen LogP contribution in [0.15, 0.2) is 47.1 Å². The van der Waals surface area contributed by atoms with E-state index in [1.54, 1.807) is 18.4 Å². The summed E-state index contributed by atoms with van der Waals surface area (Å²) >= 11 is 0. The number of hydrogen-bond donors (Lipinski definition) is 2. The van der Waals surface area contributed by atoms with Crippen LogP contribution in [0.5, 0.6) is 0 Å². The third kappa shape index (κ3) is 4.35. The maximum absolute atomic E-state index is 12.7. The van der Waals surface area contributed by atoms with E-state index in [0.717, 1.165) is 17.0 Å². The smallest absolute Gasteiger partial charge is 0.416 e. The lowest BCUT2D eigenvalue weighted by atomic mass is 10.1. The van der Waals surface area contributed by atoms with Crippen molar-refractivity contribution >= 4 is 5.91 Å². The number of amides is 1. The largest absolute Gasteiger partial charge is 0.463 e. The Bertz CT molecular complexity index is 652. The average Bonchev–Trinajstić information content (AvgIpc) is 3.00. The summed E-state index contributed by atoms with van der Waals surface area (Å²) in [6.07, 6.45) is -2.93. The molecular weight excluding hydrogens is 309 g/mol. The molecule has 0 radical (unpaired) electrons. The molecule has 0 spiro atoms. The summed E-state index contributed by atoms with van der Waals surface area (Å²) in [4.78, 5) is 13.1. The molecule has 1 amide bonds. The lowest BCUT2D eigenvalue weighted by molar-refractivity contribution is -0.891. The molecular formula is C16H18F3N2O2+. The lowest BCUT2D eigenvalue weighted by Gasteiger charge is -2.20. The predicted octanol–water partition coefficient (Wildman–Crippen LogP) is 1.91. The number of quaternary nitrogens is 1.